The Labute approximate surface area is 94.1 Å². The fourth-order valence-corrected chi connectivity index (χ4v) is 2.34. The lowest BCUT2D eigenvalue weighted by Crippen LogP contribution is -2.02. The minimum atomic E-state index is 0.693. The van der Waals surface area contributed by atoms with E-state index in [0.29, 0.717) is 6.54 Å². The van der Waals surface area contributed by atoms with Crippen LogP contribution in [-0.4, -0.2) is 11.5 Å². The standard InChI is InChI=1S/C14H14N2/c15-9-8-10-4-3-7-13-14(10)11-5-1-2-6-12(11)16-13/h1-7,16H,8-9,15H2. The van der Waals surface area contributed by atoms with Gasteiger partial charge in [-0.05, 0) is 30.7 Å². The molecule has 0 spiro atoms. The van der Waals surface area contributed by atoms with E-state index < -0.39 is 0 Å². The number of aromatic amines is 1. The Bertz CT molecular complexity index is 637. The van der Waals surface area contributed by atoms with Crippen LogP contribution < -0.4 is 5.73 Å². The van der Waals surface area contributed by atoms with Gasteiger partial charge in [-0.3, -0.25) is 0 Å². The number of rotatable bonds is 2. The van der Waals surface area contributed by atoms with Gasteiger partial charge in [-0.1, -0.05) is 30.3 Å². The van der Waals surface area contributed by atoms with Gasteiger partial charge >= 0.3 is 0 Å². The first-order valence-electron chi connectivity index (χ1n) is 5.58. The van der Waals surface area contributed by atoms with Crippen molar-refractivity contribution in [2.24, 2.45) is 5.73 Å². The molecule has 0 bridgehead atoms. The van der Waals surface area contributed by atoms with E-state index in [1.807, 2.05) is 0 Å². The van der Waals surface area contributed by atoms with Crippen molar-refractivity contribution in [3.05, 3.63) is 48.0 Å². The average Bonchev–Trinajstić information content (AvgIpc) is 2.68. The first-order valence-corrected chi connectivity index (χ1v) is 5.58. The van der Waals surface area contributed by atoms with Gasteiger partial charge in [0.25, 0.3) is 0 Å². The number of aromatic nitrogens is 1. The molecule has 2 heteroatoms. The molecule has 2 nitrogen and oxygen atoms in total. The third-order valence-corrected chi connectivity index (χ3v) is 3.03. The SMILES string of the molecule is NCCc1cccc2[nH]c3ccccc3c12. The van der Waals surface area contributed by atoms with E-state index in [9.17, 15) is 0 Å². The number of nitrogens with one attached hydrogen (secondary N) is 1. The topological polar surface area (TPSA) is 41.8 Å². The molecule has 0 unspecified atom stereocenters. The highest BCUT2D eigenvalue weighted by atomic mass is 14.7. The summed E-state index contributed by atoms with van der Waals surface area (Å²) in [7, 11) is 0. The number of hydrogen-bond acceptors (Lipinski definition) is 1. The van der Waals surface area contributed by atoms with Crippen molar-refractivity contribution in [1.82, 2.24) is 4.98 Å². The van der Waals surface area contributed by atoms with Gasteiger partial charge in [0, 0.05) is 21.8 Å². The fraction of sp³-hybridized carbons (Fsp3) is 0.143. The summed E-state index contributed by atoms with van der Waals surface area (Å²) in [6.07, 6.45) is 0.930. The van der Waals surface area contributed by atoms with Crippen molar-refractivity contribution in [1.29, 1.82) is 0 Å². The summed E-state index contributed by atoms with van der Waals surface area (Å²) >= 11 is 0. The maximum Gasteiger partial charge on any atom is 0.0467 e. The Morgan fingerprint density at radius 3 is 2.62 bits per heavy atom. The summed E-state index contributed by atoms with van der Waals surface area (Å²) < 4.78 is 0. The molecule has 2 aromatic carbocycles. The van der Waals surface area contributed by atoms with Crippen LogP contribution in [0.15, 0.2) is 42.5 Å². The molecule has 0 saturated carbocycles. The summed E-state index contributed by atoms with van der Waals surface area (Å²) in [6, 6.07) is 14.8. The zero-order valence-electron chi connectivity index (χ0n) is 9.03. The van der Waals surface area contributed by atoms with Gasteiger partial charge in [0.15, 0.2) is 0 Å². The molecule has 1 heterocycles. The Morgan fingerprint density at radius 2 is 1.75 bits per heavy atom. The normalized spacial score (nSPS) is 11.3. The lowest BCUT2D eigenvalue weighted by atomic mass is 10.0. The number of para-hydroxylation sites is 1. The fourth-order valence-electron chi connectivity index (χ4n) is 2.34. The molecule has 3 aromatic rings. The largest absolute Gasteiger partial charge is 0.355 e. The molecular weight excluding hydrogens is 196 g/mol. The summed E-state index contributed by atoms with van der Waals surface area (Å²) in [5, 5.41) is 2.62. The predicted molar refractivity (Wildman–Crippen MR) is 68.6 cm³/mol. The number of hydrogen-bond donors (Lipinski definition) is 2. The predicted octanol–water partition coefficient (Wildman–Crippen LogP) is 2.82. The number of H-pyrrole nitrogens is 1. The van der Waals surface area contributed by atoms with Crippen LogP contribution in [0.1, 0.15) is 5.56 Å². The van der Waals surface area contributed by atoms with Crippen molar-refractivity contribution in [2.75, 3.05) is 6.54 Å². The molecule has 80 valence electrons. The van der Waals surface area contributed by atoms with E-state index in [1.165, 1.54) is 27.4 Å². The zero-order chi connectivity index (χ0) is 11.0. The third-order valence-electron chi connectivity index (χ3n) is 3.03. The van der Waals surface area contributed by atoms with Gasteiger partial charge in [-0.2, -0.15) is 0 Å². The molecule has 0 aliphatic heterocycles. The van der Waals surface area contributed by atoms with Crippen LogP contribution in [-0.2, 0) is 6.42 Å². The average molecular weight is 210 g/mol. The first-order chi connectivity index (χ1) is 7.90. The van der Waals surface area contributed by atoms with Crippen molar-refractivity contribution in [3.8, 4) is 0 Å². The zero-order valence-corrected chi connectivity index (χ0v) is 9.03. The monoisotopic (exact) mass is 210 g/mol. The molecule has 0 amide bonds. The van der Waals surface area contributed by atoms with E-state index in [0.717, 1.165) is 6.42 Å². The van der Waals surface area contributed by atoms with Crippen LogP contribution in [0.3, 0.4) is 0 Å². The Kier molecular flexibility index (Phi) is 2.15. The van der Waals surface area contributed by atoms with Crippen LogP contribution in [0.5, 0.6) is 0 Å². The second kappa shape index (κ2) is 3.65. The van der Waals surface area contributed by atoms with Crippen LogP contribution >= 0.6 is 0 Å². The molecule has 3 rings (SSSR count). The maximum absolute atomic E-state index is 5.65. The smallest absolute Gasteiger partial charge is 0.0467 e. The molecule has 1 aromatic heterocycles. The molecule has 3 N–H and O–H groups in total. The second-order valence-corrected chi connectivity index (χ2v) is 4.05. The van der Waals surface area contributed by atoms with E-state index in [-0.39, 0.29) is 0 Å². The number of fused-ring (bicyclic) bond motifs is 3. The van der Waals surface area contributed by atoms with Gasteiger partial charge in [0.05, 0.1) is 0 Å². The molecule has 16 heavy (non-hydrogen) atoms. The highest BCUT2D eigenvalue weighted by Crippen LogP contribution is 2.28. The van der Waals surface area contributed by atoms with Gasteiger partial charge in [-0.25, -0.2) is 0 Å². The van der Waals surface area contributed by atoms with E-state index in [4.69, 9.17) is 5.73 Å². The van der Waals surface area contributed by atoms with Gasteiger partial charge < -0.3 is 10.7 Å². The van der Waals surface area contributed by atoms with E-state index >= 15 is 0 Å². The first kappa shape index (κ1) is 9.43. The van der Waals surface area contributed by atoms with Crippen LogP contribution in [0, 0.1) is 0 Å². The van der Waals surface area contributed by atoms with Crippen LogP contribution in [0.25, 0.3) is 21.8 Å². The quantitative estimate of drug-likeness (QED) is 0.671. The van der Waals surface area contributed by atoms with Crippen molar-refractivity contribution in [3.63, 3.8) is 0 Å². The molecule has 0 aliphatic carbocycles. The summed E-state index contributed by atoms with van der Waals surface area (Å²) in [6.45, 7) is 0.693. The third kappa shape index (κ3) is 1.31. The molecule has 0 fully saturated rings. The van der Waals surface area contributed by atoms with E-state index in [1.54, 1.807) is 0 Å². The van der Waals surface area contributed by atoms with Crippen molar-refractivity contribution < 1.29 is 0 Å². The molecule has 0 saturated heterocycles. The van der Waals surface area contributed by atoms with E-state index in [2.05, 4.69) is 47.4 Å². The van der Waals surface area contributed by atoms with Gasteiger partial charge in [-0.15, -0.1) is 0 Å². The van der Waals surface area contributed by atoms with Crippen LogP contribution in [0.4, 0.5) is 0 Å². The highest BCUT2D eigenvalue weighted by Gasteiger charge is 2.06. The van der Waals surface area contributed by atoms with Crippen LogP contribution in [0.2, 0.25) is 0 Å². The second-order valence-electron chi connectivity index (χ2n) is 4.05. The minimum Gasteiger partial charge on any atom is -0.355 e. The number of benzene rings is 2. The lowest BCUT2D eigenvalue weighted by Gasteiger charge is -2.01. The Balaban J connectivity index is 2.43. The van der Waals surface area contributed by atoms with Gasteiger partial charge in [0.2, 0.25) is 0 Å². The summed E-state index contributed by atoms with van der Waals surface area (Å²) in [5.41, 5.74) is 9.38. The van der Waals surface area contributed by atoms with Crippen molar-refractivity contribution in [2.45, 2.75) is 6.42 Å². The Hall–Kier alpha value is -1.80. The highest BCUT2D eigenvalue weighted by molar-refractivity contribution is 6.08. The molecule has 0 aliphatic rings. The minimum absolute atomic E-state index is 0.693. The number of nitrogens with two attached hydrogens (primary N) is 1. The summed E-state index contributed by atoms with van der Waals surface area (Å²) in [5.74, 6) is 0. The maximum atomic E-state index is 5.65. The molecular formula is C14H14N2. The summed E-state index contributed by atoms with van der Waals surface area (Å²) in [4.78, 5) is 3.44. The van der Waals surface area contributed by atoms with Gasteiger partial charge in [0.1, 0.15) is 0 Å². The lowest BCUT2D eigenvalue weighted by molar-refractivity contribution is 0.978. The Morgan fingerprint density at radius 1 is 0.938 bits per heavy atom. The van der Waals surface area contributed by atoms with Crippen molar-refractivity contribution >= 4 is 21.8 Å². The molecule has 0 radical (unpaired) electrons. The molecule has 0 atom stereocenters.